The van der Waals surface area contributed by atoms with Gasteiger partial charge in [-0.2, -0.15) is 0 Å². The van der Waals surface area contributed by atoms with Gasteiger partial charge in [-0.3, -0.25) is 9.59 Å². The molecule has 4 heteroatoms. The van der Waals surface area contributed by atoms with Gasteiger partial charge in [-0.25, -0.2) is 0 Å². The second-order valence-corrected chi connectivity index (χ2v) is 7.31. The Bertz CT molecular complexity index is 640. The highest BCUT2D eigenvalue weighted by Crippen LogP contribution is 2.61. The number of fused-ring (bicyclic) bond motifs is 1. The van der Waals surface area contributed by atoms with Crippen LogP contribution in [0.25, 0.3) is 0 Å². The Morgan fingerprint density at radius 3 is 2.14 bits per heavy atom. The third-order valence-corrected chi connectivity index (χ3v) is 5.26. The summed E-state index contributed by atoms with van der Waals surface area (Å²) in [5, 5.41) is 0. The molecule has 2 atom stereocenters. The Morgan fingerprint density at radius 2 is 1.59 bits per heavy atom. The molecule has 2 fully saturated rings. The highest BCUT2D eigenvalue weighted by Gasteiger charge is 2.75. The summed E-state index contributed by atoms with van der Waals surface area (Å²) >= 11 is 0. The highest BCUT2D eigenvalue weighted by atomic mass is 16.6. The van der Waals surface area contributed by atoms with E-state index in [1.54, 1.807) is 27.7 Å². The van der Waals surface area contributed by atoms with Gasteiger partial charge >= 0.3 is 11.9 Å². The van der Waals surface area contributed by atoms with Gasteiger partial charge in [0.2, 0.25) is 0 Å². The number of esters is 2. The summed E-state index contributed by atoms with van der Waals surface area (Å²) in [5.41, 5.74) is -0.814. The molecular formula is C18H22O4. The topological polar surface area (TPSA) is 52.6 Å². The molecule has 1 aromatic carbocycles. The van der Waals surface area contributed by atoms with Crippen LogP contribution < -0.4 is 0 Å². The number of ether oxygens (including phenoxy) is 2. The Labute approximate surface area is 130 Å². The van der Waals surface area contributed by atoms with E-state index >= 15 is 0 Å². The molecule has 2 saturated heterocycles. The van der Waals surface area contributed by atoms with Gasteiger partial charge in [0.15, 0.2) is 11.7 Å². The van der Waals surface area contributed by atoms with Crippen molar-refractivity contribution in [2.75, 3.05) is 0 Å². The third-order valence-electron chi connectivity index (χ3n) is 5.26. The number of carbonyl (C=O) groups excluding carboxylic acids is 2. The van der Waals surface area contributed by atoms with E-state index < -0.39 is 22.5 Å². The molecule has 2 aliphatic rings. The van der Waals surface area contributed by atoms with Gasteiger partial charge in [-0.1, -0.05) is 31.2 Å². The zero-order valence-electron chi connectivity index (χ0n) is 13.7. The van der Waals surface area contributed by atoms with E-state index in [-0.39, 0.29) is 11.9 Å². The molecule has 0 spiro atoms. The van der Waals surface area contributed by atoms with Crippen molar-refractivity contribution in [2.45, 2.75) is 52.7 Å². The molecule has 1 aromatic rings. The molecule has 0 radical (unpaired) electrons. The Balaban J connectivity index is 2.21. The largest absolute Gasteiger partial charge is 0.456 e. The molecular weight excluding hydrogens is 280 g/mol. The minimum absolute atomic E-state index is 0.322. The molecule has 0 N–H and O–H groups in total. The minimum atomic E-state index is -1.06. The van der Waals surface area contributed by atoms with Crippen molar-refractivity contribution < 1.29 is 19.1 Å². The molecule has 22 heavy (non-hydrogen) atoms. The lowest BCUT2D eigenvalue weighted by Gasteiger charge is -2.36. The maximum absolute atomic E-state index is 12.4. The lowest BCUT2D eigenvalue weighted by Crippen LogP contribution is -2.47. The average molecular weight is 302 g/mol. The smallest absolute Gasteiger partial charge is 0.316 e. The van der Waals surface area contributed by atoms with Crippen LogP contribution in [-0.2, 0) is 31.1 Å². The fraction of sp³-hybridized carbons (Fsp3) is 0.556. The van der Waals surface area contributed by atoms with Crippen molar-refractivity contribution in [1.82, 2.24) is 0 Å². The fourth-order valence-corrected chi connectivity index (χ4v) is 3.60. The second-order valence-electron chi connectivity index (χ2n) is 7.31. The molecule has 2 heterocycles. The van der Waals surface area contributed by atoms with Gasteiger partial charge in [-0.15, -0.1) is 0 Å². The van der Waals surface area contributed by atoms with Gasteiger partial charge in [0.05, 0.1) is 0 Å². The first kappa shape index (κ1) is 15.1. The van der Waals surface area contributed by atoms with Gasteiger partial charge < -0.3 is 9.47 Å². The normalized spacial score (nSPS) is 31.6. The van der Waals surface area contributed by atoms with Crippen molar-refractivity contribution >= 4 is 11.9 Å². The number of benzene rings is 1. The summed E-state index contributed by atoms with van der Waals surface area (Å²) in [5.74, 6) is -0.643. The first-order chi connectivity index (χ1) is 10.2. The second kappa shape index (κ2) is 4.34. The third kappa shape index (κ3) is 1.58. The van der Waals surface area contributed by atoms with Crippen LogP contribution in [0.4, 0.5) is 0 Å². The van der Waals surface area contributed by atoms with Crippen LogP contribution in [0.1, 0.15) is 45.7 Å². The van der Waals surface area contributed by atoms with Crippen molar-refractivity contribution in [3.63, 3.8) is 0 Å². The summed E-state index contributed by atoms with van der Waals surface area (Å²) in [6.07, 6.45) is 0.323. The van der Waals surface area contributed by atoms with E-state index in [2.05, 4.69) is 6.92 Å². The van der Waals surface area contributed by atoms with Gasteiger partial charge in [0, 0.05) is 5.56 Å². The van der Waals surface area contributed by atoms with E-state index in [9.17, 15) is 9.59 Å². The zero-order valence-corrected chi connectivity index (χ0v) is 13.7. The quantitative estimate of drug-likeness (QED) is 0.788. The van der Waals surface area contributed by atoms with Crippen LogP contribution in [0.15, 0.2) is 24.3 Å². The SMILES string of the molecule is CCc1ccc([C@]23OC(=O)C(C)(C)[C@H]2OC(=O)C3(C)C)cc1. The molecule has 0 aliphatic carbocycles. The van der Waals surface area contributed by atoms with Crippen LogP contribution in [0.5, 0.6) is 0 Å². The molecule has 2 aliphatic heterocycles. The number of carbonyl (C=O) groups is 2. The fourth-order valence-electron chi connectivity index (χ4n) is 3.60. The lowest BCUT2D eigenvalue weighted by atomic mass is 9.66. The Morgan fingerprint density at radius 1 is 1.00 bits per heavy atom. The Kier molecular flexibility index (Phi) is 2.97. The molecule has 118 valence electrons. The first-order valence-electron chi connectivity index (χ1n) is 7.72. The number of rotatable bonds is 2. The standard InChI is InChI=1S/C18H22O4/c1-6-11-7-9-12(10-8-11)18-13(16(2,3)14(19)22-18)21-15(20)17(18,4)5/h7-10,13H,6H2,1-5H3/t13-,18+/m1/s1. The van der Waals surface area contributed by atoms with Crippen molar-refractivity contribution in [2.24, 2.45) is 10.8 Å². The highest BCUT2D eigenvalue weighted by molar-refractivity contribution is 5.89. The summed E-state index contributed by atoms with van der Waals surface area (Å²) in [6.45, 7) is 9.21. The number of hydrogen-bond acceptors (Lipinski definition) is 4. The van der Waals surface area contributed by atoms with Crippen molar-refractivity contribution in [3.05, 3.63) is 35.4 Å². The summed E-state index contributed by atoms with van der Waals surface area (Å²) in [4.78, 5) is 24.8. The summed E-state index contributed by atoms with van der Waals surface area (Å²) in [7, 11) is 0. The molecule has 0 saturated carbocycles. The van der Waals surface area contributed by atoms with E-state index in [4.69, 9.17) is 9.47 Å². The zero-order chi connectivity index (χ0) is 16.3. The lowest BCUT2D eigenvalue weighted by molar-refractivity contribution is -0.166. The monoisotopic (exact) mass is 302 g/mol. The predicted octanol–water partition coefficient (Wildman–Crippen LogP) is 2.98. The molecule has 0 amide bonds. The van der Waals surface area contributed by atoms with Gasteiger partial charge in [0.25, 0.3) is 0 Å². The maximum atomic E-state index is 12.4. The van der Waals surface area contributed by atoms with Crippen molar-refractivity contribution in [3.8, 4) is 0 Å². The van der Waals surface area contributed by atoms with E-state index in [1.807, 2.05) is 24.3 Å². The molecule has 0 bridgehead atoms. The predicted molar refractivity (Wildman–Crippen MR) is 81.0 cm³/mol. The Hall–Kier alpha value is -1.84. The number of aryl methyl sites for hydroxylation is 1. The van der Waals surface area contributed by atoms with E-state index in [0.717, 1.165) is 12.0 Å². The van der Waals surface area contributed by atoms with Crippen LogP contribution in [-0.4, -0.2) is 18.0 Å². The van der Waals surface area contributed by atoms with Gasteiger partial charge in [-0.05, 0) is 39.7 Å². The number of hydrogen-bond donors (Lipinski definition) is 0. The van der Waals surface area contributed by atoms with Crippen LogP contribution in [0.3, 0.4) is 0 Å². The summed E-state index contributed by atoms with van der Waals surface area (Å²) in [6, 6.07) is 7.92. The molecule has 4 nitrogen and oxygen atoms in total. The van der Waals surface area contributed by atoms with E-state index in [0.29, 0.717) is 0 Å². The molecule has 0 unspecified atom stereocenters. The molecule has 0 aromatic heterocycles. The minimum Gasteiger partial charge on any atom is -0.456 e. The first-order valence-corrected chi connectivity index (χ1v) is 7.72. The maximum Gasteiger partial charge on any atom is 0.316 e. The van der Waals surface area contributed by atoms with Crippen LogP contribution in [0, 0.1) is 10.8 Å². The molecule has 3 rings (SSSR count). The van der Waals surface area contributed by atoms with E-state index in [1.165, 1.54) is 5.56 Å². The average Bonchev–Trinajstić information content (AvgIpc) is 2.81. The summed E-state index contributed by atoms with van der Waals surface area (Å²) < 4.78 is 11.5. The van der Waals surface area contributed by atoms with Crippen LogP contribution in [0.2, 0.25) is 0 Å². The van der Waals surface area contributed by atoms with Crippen LogP contribution >= 0.6 is 0 Å². The van der Waals surface area contributed by atoms with Crippen molar-refractivity contribution in [1.29, 1.82) is 0 Å². The van der Waals surface area contributed by atoms with Gasteiger partial charge in [0.1, 0.15) is 10.8 Å².